The first-order chi connectivity index (χ1) is 8.08. The summed E-state index contributed by atoms with van der Waals surface area (Å²) in [6.45, 7) is 3.61. The number of aromatic nitrogens is 4. The van der Waals surface area contributed by atoms with E-state index < -0.39 is 11.5 Å². The quantitative estimate of drug-likeness (QED) is 0.861. The predicted molar refractivity (Wildman–Crippen MR) is 57.7 cm³/mol. The van der Waals surface area contributed by atoms with Crippen molar-refractivity contribution in [2.24, 2.45) is 0 Å². The van der Waals surface area contributed by atoms with Crippen LogP contribution in [0.5, 0.6) is 5.75 Å². The Morgan fingerprint density at radius 1 is 1.47 bits per heavy atom. The van der Waals surface area contributed by atoms with Crippen molar-refractivity contribution < 1.29 is 9.13 Å². The van der Waals surface area contributed by atoms with Gasteiger partial charge in [0.2, 0.25) is 0 Å². The molecule has 0 saturated carbocycles. The largest absolute Gasteiger partial charge is 0.489 e. The van der Waals surface area contributed by atoms with Gasteiger partial charge in [-0.15, -0.1) is 0 Å². The van der Waals surface area contributed by atoms with Crippen LogP contribution in [0.1, 0.15) is 13.8 Å². The zero-order chi connectivity index (χ0) is 12.4. The Kier molecular flexibility index (Phi) is 2.90. The average Bonchev–Trinajstić information content (AvgIpc) is 2.64. The Labute approximate surface area is 96.0 Å². The third-order valence-electron chi connectivity index (χ3n) is 1.98. The van der Waals surface area contributed by atoms with Crippen LogP contribution in [-0.2, 0) is 0 Å². The predicted octanol–water partition coefficient (Wildman–Crippen LogP) is 0.882. The summed E-state index contributed by atoms with van der Waals surface area (Å²) in [4.78, 5) is 11.4. The molecule has 0 atom stereocenters. The van der Waals surface area contributed by atoms with Crippen LogP contribution in [0.2, 0.25) is 0 Å². The second-order valence-corrected chi connectivity index (χ2v) is 3.70. The Hall–Kier alpha value is -2.18. The molecule has 1 heterocycles. The number of hydrogen-bond donors (Lipinski definition) is 1. The minimum atomic E-state index is -0.509. The van der Waals surface area contributed by atoms with Gasteiger partial charge >= 0.3 is 5.69 Å². The lowest BCUT2D eigenvalue weighted by Gasteiger charge is -2.13. The molecule has 2 rings (SSSR count). The standard InChI is InChI=1S/C10H11FN4O2/c1-6(2)17-9-5-7(11)3-4-8(9)15-10(16)12-13-14-15/h3-6H,1-2H3,(H,12,14,16). The first kappa shape index (κ1) is 11.3. The molecule has 0 aliphatic heterocycles. The number of aromatic amines is 1. The topological polar surface area (TPSA) is 72.8 Å². The highest BCUT2D eigenvalue weighted by atomic mass is 19.1. The third kappa shape index (κ3) is 2.32. The van der Waals surface area contributed by atoms with Gasteiger partial charge in [-0.05, 0) is 36.4 Å². The number of rotatable bonds is 3. The van der Waals surface area contributed by atoms with Gasteiger partial charge < -0.3 is 4.74 Å². The van der Waals surface area contributed by atoms with Gasteiger partial charge in [-0.3, -0.25) is 0 Å². The molecule has 0 fully saturated rings. The first-order valence-corrected chi connectivity index (χ1v) is 5.05. The van der Waals surface area contributed by atoms with Gasteiger partial charge in [0.15, 0.2) is 0 Å². The van der Waals surface area contributed by atoms with Crippen molar-refractivity contribution in [3.05, 3.63) is 34.5 Å². The maximum Gasteiger partial charge on any atom is 0.365 e. The van der Waals surface area contributed by atoms with Crippen LogP contribution in [0.4, 0.5) is 4.39 Å². The van der Waals surface area contributed by atoms with Gasteiger partial charge in [0.1, 0.15) is 17.3 Å². The lowest BCUT2D eigenvalue weighted by Crippen LogP contribution is -2.18. The summed E-state index contributed by atoms with van der Waals surface area (Å²) in [6.07, 6.45) is -0.141. The van der Waals surface area contributed by atoms with Crippen LogP contribution >= 0.6 is 0 Å². The van der Waals surface area contributed by atoms with E-state index in [9.17, 15) is 9.18 Å². The SMILES string of the molecule is CC(C)Oc1cc(F)ccc1-n1nn[nH]c1=O. The van der Waals surface area contributed by atoms with E-state index in [1.54, 1.807) is 13.8 Å². The molecule has 7 heteroatoms. The van der Waals surface area contributed by atoms with Gasteiger partial charge in [0.05, 0.1) is 6.10 Å². The lowest BCUT2D eigenvalue weighted by atomic mass is 10.3. The van der Waals surface area contributed by atoms with Gasteiger partial charge in [-0.25, -0.2) is 14.3 Å². The normalized spacial score (nSPS) is 10.8. The van der Waals surface area contributed by atoms with E-state index in [-0.39, 0.29) is 11.9 Å². The number of H-pyrrole nitrogens is 1. The first-order valence-electron chi connectivity index (χ1n) is 5.05. The Balaban J connectivity index is 2.53. The van der Waals surface area contributed by atoms with E-state index in [1.807, 2.05) is 0 Å². The average molecular weight is 238 g/mol. The highest BCUT2D eigenvalue weighted by molar-refractivity contribution is 5.45. The van der Waals surface area contributed by atoms with Crippen LogP contribution in [-0.4, -0.2) is 26.3 Å². The van der Waals surface area contributed by atoms with Gasteiger partial charge in [0, 0.05) is 6.07 Å². The van der Waals surface area contributed by atoms with E-state index in [1.165, 1.54) is 18.2 Å². The molecule has 17 heavy (non-hydrogen) atoms. The fourth-order valence-corrected chi connectivity index (χ4v) is 1.37. The molecule has 1 N–H and O–H groups in total. The second kappa shape index (κ2) is 4.36. The number of ether oxygens (including phenoxy) is 1. The lowest BCUT2D eigenvalue weighted by molar-refractivity contribution is 0.240. The van der Waals surface area contributed by atoms with Crippen molar-refractivity contribution in [1.29, 1.82) is 0 Å². The summed E-state index contributed by atoms with van der Waals surface area (Å²) in [7, 11) is 0. The molecule has 0 bridgehead atoms. The molecule has 0 aliphatic carbocycles. The maximum absolute atomic E-state index is 13.1. The molecule has 90 valence electrons. The van der Waals surface area contributed by atoms with Crippen molar-refractivity contribution in [1.82, 2.24) is 20.2 Å². The van der Waals surface area contributed by atoms with Crippen molar-refractivity contribution in [2.75, 3.05) is 0 Å². The van der Waals surface area contributed by atoms with Gasteiger partial charge in [-0.1, -0.05) is 0 Å². The van der Waals surface area contributed by atoms with Crippen LogP contribution in [0, 0.1) is 5.82 Å². The maximum atomic E-state index is 13.1. The molecule has 0 radical (unpaired) electrons. The van der Waals surface area contributed by atoms with E-state index >= 15 is 0 Å². The van der Waals surface area contributed by atoms with Crippen molar-refractivity contribution in [3.63, 3.8) is 0 Å². The van der Waals surface area contributed by atoms with Gasteiger partial charge in [0.25, 0.3) is 0 Å². The van der Waals surface area contributed by atoms with Gasteiger partial charge in [-0.2, -0.15) is 4.68 Å². The molecular formula is C10H11FN4O2. The summed E-state index contributed by atoms with van der Waals surface area (Å²) in [5, 5.41) is 9.11. The van der Waals surface area contributed by atoms with Crippen LogP contribution < -0.4 is 10.4 Å². The molecule has 0 saturated heterocycles. The summed E-state index contributed by atoms with van der Waals surface area (Å²) < 4.78 is 19.6. The monoisotopic (exact) mass is 238 g/mol. The van der Waals surface area contributed by atoms with Crippen molar-refractivity contribution in [2.45, 2.75) is 20.0 Å². The Bertz CT molecular complexity index is 576. The fraction of sp³-hybridized carbons (Fsp3) is 0.300. The highest BCUT2D eigenvalue weighted by Crippen LogP contribution is 2.23. The molecule has 2 aromatic rings. The number of benzene rings is 1. The highest BCUT2D eigenvalue weighted by Gasteiger charge is 2.12. The zero-order valence-electron chi connectivity index (χ0n) is 9.35. The third-order valence-corrected chi connectivity index (χ3v) is 1.98. The van der Waals surface area contributed by atoms with Crippen LogP contribution in [0.3, 0.4) is 0 Å². The van der Waals surface area contributed by atoms with E-state index in [2.05, 4.69) is 15.5 Å². The zero-order valence-corrected chi connectivity index (χ0v) is 9.35. The summed E-state index contributed by atoms with van der Waals surface area (Å²) in [5.74, 6) is -0.197. The molecule has 6 nitrogen and oxygen atoms in total. The van der Waals surface area contributed by atoms with E-state index in [0.29, 0.717) is 5.69 Å². The molecule has 0 aliphatic rings. The number of nitrogens with zero attached hydrogens (tertiary/aromatic N) is 3. The number of tetrazole rings is 1. The van der Waals surface area contributed by atoms with Crippen LogP contribution in [0.25, 0.3) is 5.69 Å². The van der Waals surface area contributed by atoms with Crippen LogP contribution in [0.15, 0.2) is 23.0 Å². The fourth-order valence-electron chi connectivity index (χ4n) is 1.37. The summed E-state index contributed by atoms with van der Waals surface area (Å²) in [5.41, 5.74) is -0.163. The molecular weight excluding hydrogens is 227 g/mol. The Morgan fingerprint density at radius 2 is 2.24 bits per heavy atom. The molecule has 0 spiro atoms. The van der Waals surface area contributed by atoms with E-state index in [4.69, 9.17) is 4.74 Å². The van der Waals surface area contributed by atoms with Crippen molar-refractivity contribution in [3.8, 4) is 11.4 Å². The Morgan fingerprint density at radius 3 is 2.82 bits per heavy atom. The van der Waals surface area contributed by atoms with Crippen molar-refractivity contribution >= 4 is 0 Å². The smallest absolute Gasteiger partial charge is 0.365 e. The summed E-state index contributed by atoms with van der Waals surface area (Å²) in [6, 6.07) is 3.84. The molecule has 0 amide bonds. The van der Waals surface area contributed by atoms with E-state index in [0.717, 1.165) is 4.68 Å². The summed E-state index contributed by atoms with van der Waals surface area (Å²) >= 11 is 0. The minimum Gasteiger partial charge on any atom is -0.489 e. The minimum absolute atomic E-state index is 0.141. The number of halogens is 1. The number of nitrogens with one attached hydrogen (secondary N) is 1. The molecule has 0 unspecified atom stereocenters. The number of hydrogen-bond acceptors (Lipinski definition) is 4. The molecule has 1 aromatic heterocycles. The second-order valence-electron chi connectivity index (χ2n) is 3.70. The molecule has 1 aromatic carbocycles.